The van der Waals surface area contributed by atoms with E-state index in [0.717, 1.165) is 12.0 Å². The smallest absolute Gasteiger partial charge is 0.191 e. The second-order valence-electron chi connectivity index (χ2n) is 6.20. The van der Waals surface area contributed by atoms with E-state index in [1.165, 1.54) is 6.07 Å². The molecule has 5 nitrogen and oxygen atoms in total. The van der Waals surface area contributed by atoms with Crippen LogP contribution in [0, 0.1) is 5.82 Å². The molecule has 2 rings (SSSR count). The highest BCUT2D eigenvalue weighted by molar-refractivity contribution is 5.79. The first-order valence-electron chi connectivity index (χ1n) is 9.19. The number of ether oxygens (including phenoxy) is 1. The van der Waals surface area contributed by atoms with Crippen molar-refractivity contribution in [3.05, 3.63) is 66.0 Å². The molecule has 0 aromatic heterocycles. The van der Waals surface area contributed by atoms with Crippen LogP contribution in [0.1, 0.15) is 24.8 Å². The van der Waals surface area contributed by atoms with Gasteiger partial charge in [0.05, 0.1) is 13.2 Å². The van der Waals surface area contributed by atoms with Crippen molar-refractivity contribution in [3.63, 3.8) is 0 Å². The van der Waals surface area contributed by atoms with Gasteiger partial charge in [-0.25, -0.2) is 4.39 Å². The van der Waals surface area contributed by atoms with Crippen molar-refractivity contribution in [1.29, 1.82) is 0 Å². The predicted molar refractivity (Wildman–Crippen MR) is 107 cm³/mol. The number of benzene rings is 2. The number of para-hydroxylation sites is 1. The molecule has 2 aromatic carbocycles. The Hall–Kier alpha value is -2.60. The van der Waals surface area contributed by atoms with Crippen LogP contribution in [0.25, 0.3) is 0 Å². The Labute approximate surface area is 160 Å². The highest BCUT2D eigenvalue weighted by Crippen LogP contribution is 2.18. The Morgan fingerprint density at radius 3 is 2.37 bits per heavy atom. The van der Waals surface area contributed by atoms with Gasteiger partial charge in [-0.05, 0) is 24.1 Å². The van der Waals surface area contributed by atoms with Gasteiger partial charge in [-0.2, -0.15) is 0 Å². The van der Waals surface area contributed by atoms with Gasteiger partial charge in [-0.3, -0.25) is 4.99 Å². The van der Waals surface area contributed by atoms with E-state index in [1.807, 2.05) is 37.3 Å². The van der Waals surface area contributed by atoms with Crippen molar-refractivity contribution in [3.8, 4) is 5.75 Å². The molecule has 3 N–H and O–H groups in total. The molecule has 0 aliphatic carbocycles. The predicted octanol–water partition coefficient (Wildman–Crippen LogP) is 2.92. The van der Waals surface area contributed by atoms with Crippen molar-refractivity contribution >= 4 is 5.96 Å². The molecule has 0 amide bonds. The van der Waals surface area contributed by atoms with Gasteiger partial charge in [-0.1, -0.05) is 49.4 Å². The van der Waals surface area contributed by atoms with Gasteiger partial charge in [0, 0.05) is 19.5 Å². The molecule has 2 aromatic rings. The number of hydrogen-bond donors (Lipinski definition) is 3. The van der Waals surface area contributed by atoms with E-state index >= 15 is 0 Å². The number of aliphatic hydroxyl groups is 1. The van der Waals surface area contributed by atoms with Crippen LogP contribution in [0.15, 0.2) is 59.6 Å². The molecular formula is C21H28FN3O2. The normalized spacial score (nSPS) is 13.7. The largest absolute Gasteiger partial charge is 0.486 e. The summed E-state index contributed by atoms with van der Waals surface area (Å²) >= 11 is 0. The van der Waals surface area contributed by atoms with Crippen molar-refractivity contribution in [1.82, 2.24) is 10.6 Å². The fraction of sp³-hybridized carbons (Fsp3) is 0.381. The van der Waals surface area contributed by atoms with E-state index < -0.39 is 0 Å². The third-order valence-electron chi connectivity index (χ3n) is 4.31. The third kappa shape index (κ3) is 6.57. The summed E-state index contributed by atoms with van der Waals surface area (Å²) in [5.41, 5.74) is 1.07. The summed E-state index contributed by atoms with van der Waals surface area (Å²) in [4.78, 5) is 4.20. The highest BCUT2D eigenvalue weighted by Gasteiger charge is 2.14. The second kappa shape index (κ2) is 11.2. The number of nitrogens with one attached hydrogen (secondary N) is 2. The Morgan fingerprint density at radius 2 is 1.74 bits per heavy atom. The first-order valence-corrected chi connectivity index (χ1v) is 9.19. The lowest BCUT2D eigenvalue weighted by Gasteiger charge is -2.21. The zero-order valence-electron chi connectivity index (χ0n) is 15.9. The molecule has 0 aliphatic heterocycles. The van der Waals surface area contributed by atoms with Gasteiger partial charge < -0.3 is 20.5 Å². The number of rotatable bonds is 9. The molecule has 0 fully saturated rings. The Morgan fingerprint density at radius 1 is 1.07 bits per heavy atom. The average molecular weight is 373 g/mol. The maximum atomic E-state index is 13.8. The minimum absolute atomic E-state index is 0.0265. The summed E-state index contributed by atoms with van der Waals surface area (Å²) < 4.78 is 19.5. The molecule has 0 radical (unpaired) electrons. The van der Waals surface area contributed by atoms with E-state index in [-0.39, 0.29) is 30.2 Å². The van der Waals surface area contributed by atoms with E-state index in [2.05, 4.69) is 15.6 Å². The lowest BCUT2D eigenvalue weighted by Crippen LogP contribution is -2.44. The quantitative estimate of drug-likeness (QED) is 0.467. The summed E-state index contributed by atoms with van der Waals surface area (Å²) in [5, 5.41) is 16.1. The first kappa shape index (κ1) is 20.7. The molecule has 2 unspecified atom stereocenters. The van der Waals surface area contributed by atoms with Crippen molar-refractivity contribution < 1.29 is 14.2 Å². The molecule has 0 bridgehead atoms. The van der Waals surface area contributed by atoms with Crippen LogP contribution in [0.3, 0.4) is 0 Å². The standard InChI is InChI=1S/C21H28FN3O2/c1-3-18(27-20-12-8-7-11-19(20)22)14-25-21(23-2)24-13-17(15-26)16-9-5-4-6-10-16/h4-12,17-18,26H,3,13-15H2,1-2H3,(H2,23,24,25). The van der Waals surface area contributed by atoms with Crippen LogP contribution in [0.4, 0.5) is 4.39 Å². The van der Waals surface area contributed by atoms with Crippen LogP contribution in [-0.4, -0.2) is 43.9 Å². The van der Waals surface area contributed by atoms with Crippen LogP contribution < -0.4 is 15.4 Å². The molecule has 2 atom stereocenters. The number of aliphatic hydroxyl groups excluding tert-OH is 1. The first-order chi connectivity index (χ1) is 13.2. The number of nitrogens with zero attached hydrogens (tertiary/aromatic N) is 1. The van der Waals surface area contributed by atoms with Crippen molar-refractivity contribution in [2.45, 2.75) is 25.4 Å². The Balaban J connectivity index is 1.85. The summed E-state index contributed by atoms with van der Waals surface area (Å²) in [6.07, 6.45) is 0.532. The minimum atomic E-state index is -0.368. The van der Waals surface area contributed by atoms with Crippen LogP contribution in [0.2, 0.25) is 0 Å². The van der Waals surface area contributed by atoms with Gasteiger partial charge in [0.2, 0.25) is 0 Å². The molecule has 27 heavy (non-hydrogen) atoms. The summed E-state index contributed by atoms with van der Waals surface area (Å²) in [6, 6.07) is 16.2. The van der Waals surface area contributed by atoms with Gasteiger partial charge in [-0.15, -0.1) is 0 Å². The SMILES string of the molecule is CCC(CNC(=NC)NCC(CO)c1ccccc1)Oc1ccccc1F. The zero-order chi connectivity index (χ0) is 19.5. The number of aliphatic imine (C=N–C) groups is 1. The second-order valence-corrected chi connectivity index (χ2v) is 6.20. The molecule has 0 saturated carbocycles. The van der Waals surface area contributed by atoms with Crippen LogP contribution in [-0.2, 0) is 0 Å². The summed E-state index contributed by atoms with van der Waals surface area (Å²) in [6.45, 7) is 3.06. The van der Waals surface area contributed by atoms with Crippen LogP contribution >= 0.6 is 0 Å². The monoisotopic (exact) mass is 373 g/mol. The molecule has 0 aliphatic rings. The fourth-order valence-electron chi connectivity index (χ4n) is 2.65. The molecule has 0 spiro atoms. The van der Waals surface area contributed by atoms with E-state index in [9.17, 15) is 9.50 Å². The van der Waals surface area contributed by atoms with E-state index in [4.69, 9.17) is 4.74 Å². The van der Waals surface area contributed by atoms with E-state index in [1.54, 1.807) is 25.2 Å². The molecule has 6 heteroatoms. The Bertz CT molecular complexity index is 710. The molecule has 0 heterocycles. The number of hydrogen-bond acceptors (Lipinski definition) is 3. The summed E-state index contributed by atoms with van der Waals surface area (Å²) in [5.74, 6) is 0.465. The molecular weight excluding hydrogens is 345 g/mol. The molecule has 146 valence electrons. The van der Waals surface area contributed by atoms with Crippen molar-refractivity contribution in [2.75, 3.05) is 26.7 Å². The lowest BCUT2D eigenvalue weighted by molar-refractivity contribution is 0.191. The van der Waals surface area contributed by atoms with Gasteiger partial charge in [0.1, 0.15) is 6.10 Å². The van der Waals surface area contributed by atoms with Gasteiger partial charge in [0.15, 0.2) is 17.5 Å². The number of guanidine groups is 1. The van der Waals surface area contributed by atoms with Crippen molar-refractivity contribution in [2.24, 2.45) is 4.99 Å². The number of halogens is 1. The Kier molecular flexibility index (Phi) is 8.58. The average Bonchev–Trinajstić information content (AvgIpc) is 2.71. The topological polar surface area (TPSA) is 65.9 Å². The fourth-order valence-corrected chi connectivity index (χ4v) is 2.65. The summed E-state index contributed by atoms with van der Waals surface area (Å²) in [7, 11) is 1.68. The highest BCUT2D eigenvalue weighted by atomic mass is 19.1. The maximum absolute atomic E-state index is 13.8. The minimum Gasteiger partial charge on any atom is -0.486 e. The van der Waals surface area contributed by atoms with E-state index in [0.29, 0.717) is 19.0 Å². The maximum Gasteiger partial charge on any atom is 0.191 e. The zero-order valence-corrected chi connectivity index (χ0v) is 15.9. The van der Waals surface area contributed by atoms with Gasteiger partial charge >= 0.3 is 0 Å². The third-order valence-corrected chi connectivity index (χ3v) is 4.31. The lowest BCUT2D eigenvalue weighted by atomic mass is 10.0. The molecule has 0 saturated heterocycles. The van der Waals surface area contributed by atoms with Gasteiger partial charge in [0.25, 0.3) is 0 Å². The van der Waals surface area contributed by atoms with Crippen LogP contribution in [0.5, 0.6) is 5.75 Å².